The van der Waals surface area contributed by atoms with Crippen molar-refractivity contribution in [2.75, 3.05) is 6.54 Å². The van der Waals surface area contributed by atoms with Gasteiger partial charge >= 0.3 is 0 Å². The fourth-order valence-corrected chi connectivity index (χ4v) is 3.11. The van der Waals surface area contributed by atoms with Crippen molar-refractivity contribution in [2.45, 2.75) is 72.8 Å². The third-order valence-electron chi connectivity index (χ3n) is 4.10. The molecule has 0 aliphatic carbocycles. The lowest BCUT2D eigenvalue weighted by Gasteiger charge is -2.32. The number of aryl methyl sites for hydroxylation is 2. The van der Waals surface area contributed by atoms with Gasteiger partial charge in [-0.15, -0.1) is 0 Å². The van der Waals surface area contributed by atoms with Gasteiger partial charge in [0.25, 0.3) is 0 Å². The second-order valence-corrected chi connectivity index (χ2v) is 7.33. The molecule has 0 aliphatic rings. The van der Waals surface area contributed by atoms with Gasteiger partial charge in [0.05, 0.1) is 16.4 Å². The maximum atomic E-state index is 6.42. The van der Waals surface area contributed by atoms with Crippen LogP contribution in [0.3, 0.4) is 0 Å². The Morgan fingerprint density at radius 3 is 2.43 bits per heavy atom. The maximum absolute atomic E-state index is 6.42. The van der Waals surface area contributed by atoms with E-state index in [-0.39, 0.29) is 0 Å². The molecule has 0 saturated carbocycles. The summed E-state index contributed by atoms with van der Waals surface area (Å²) in [5.41, 5.74) is 2.49. The van der Waals surface area contributed by atoms with Gasteiger partial charge in [-0.05, 0) is 44.1 Å². The molecule has 3 nitrogen and oxygen atoms in total. The molecule has 4 heteroatoms. The Hall–Kier alpha value is -0.540. The summed E-state index contributed by atoms with van der Waals surface area (Å²) in [4.78, 5) is 0. The molecule has 1 atom stereocenters. The summed E-state index contributed by atoms with van der Waals surface area (Å²) in [5, 5.41) is 9.05. The lowest BCUT2D eigenvalue weighted by atomic mass is 9.83. The Balaban J connectivity index is 2.60. The van der Waals surface area contributed by atoms with Crippen LogP contribution in [0.2, 0.25) is 5.02 Å². The van der Waals surface area contributed by atoms with E-state index in [9.17, 15) is 0 Å². The summed E-state index contributed by atoms with van der Waals surface area (Å²) in [6.07, 6.45) is 5.39. The van der Waals surface area contributed by atoms with Gasteiger partial charge in [-0.3, -0.25) is 4.68 Å². The van der Waals surface area contributed by atoms with E-state index in [4.69, 9.17) is 11.6 Å². The normalized spacial score (nSPS) is 13.7. The van der Waals surface area contributed by atoms with Crippen LogP contribution < -0.4 is 5.32 Å². The van der Waals surface area contributed by atoms with Crippen LogP contribution in [-0.4, -0.2) is 22.4 Å². The summed E-state index contributed by atoms with van der Waals surface area (Å²) in [7, 11) is 2.00. The van der Waals surface area contributed by atoms with Gasteiger partial charge in [0, 0.05) is 13.1 Å². The number of nitrogens with one attached hydrogen (secondary N) is 1. The minimum absolute atomic E-state index is 0.292. The largest absolute Gasteiger partial charge is 0.313 e. The molecular formula is C17H32ClN3. The molecule has 1 aromatic heterocycles. The molecule has 0 fully saturated rings. The van der Waals surface area contributed by atoms with Gasteiger partial charge in [-0.1, -0.05) is 46.2 Å². The quantitative estimate of drug-likeness (QED) is 0.772. The van der Waals surface area contributed by atoms with Crippen molar-refractivity contribution in [3.8, 4) is 0 Å². The van der Waals surface area contributed by atoms with Gasteiger partial charge < -0.3 is 5.32 Å². The van der Waals surface area contributed by atoms with Crippen LogP contribution in [0.4, 0.5) is 0 Å². The summed E-state index contributed by atoms with van der Waals surface area (Å²) in [6.45, 7) is 12.3. The lowest BCUT2D eigenvalue weighted by molar-refractivity contribution is 0.251. The molecule has 0 radical (unpaired) electrons. The minimum Gasteiger partial charge on any atom is -0.313 e. The number of hydrogen-bond donors (Lipinski definition) is 1. The van der Waals surface area contributed by atoms with E-state index in [1.165, 1.54) is 18.5 Å². The zero-order valence-corrected chi connectivity index (χ0v) is 15.3. The Kier molecular flexibility index (Phi) is 7.22. The van der Waals surface area contributed by atoms with Crippen LogP contribution in [0.5, 0.6) is 0 Å². The fourth-order valence-electron chi connectivity index (χ4n) is 2.72. The van der Waals surface area contributed by atoms with E-state index >= 15 is 0 Å². The van der Waals surface area contributed by atoms with Gasteiger partial charge in [0.2, 0.25) is 0 Å². The highest BCUT2D eigenvalue weighted by atomic mass is 35.5. The predicted octanol–water partition coefficient (Wildman–Crippen LogP) is 4.37. The number of nitrogens with zero attached hydrogens (tertiary/aromatic N) is 2. The van der Waals surface area contributed by atoms with Gasteiger partial charge in [-0.25, -0.2) is 0 Å². The fraction of sp³-hybridized carbons (Fsp3) is 0.824. The SMILES string of the molecule is CCCNC(CCCc1c(Cl)c(CC)nn1C)C(C)(C)C. The third-order valence-corrected chi connectivity index (χ3v) is 4.53. The van der Waals surface area contributed by atoms with Crippen molar-refractivity contribution < 1.29 is 0 Å². The molecule has 0 saturated heterocycles. The topological polar surface area (TPSA) is 29.9 Å². The molecule has 0 spiro atoms. The first kappa shape index (κ1) is 18.5. The van der Waals surface area contributed by atoms with E-state index in [1.54, 1.807) is 0 Å². The molecule has 1 rings (SSSR count). The van der Waals surface area contributed by atoms with Crippen molar-refractivity contribution in [3.63, 3.8) is 0 Å². The molecule has 1 unspecified atom stereocenters. The summed E-state index contributed by atoms with van der Waals surface area (Å²) < 4.78 is 1.95. The molecule has 1 aromatic rings. The van der Waals surface area contributed by atoms with Crippen LogP contribution >= 0.6 is 11.6 Å². The van der Waals surface area contributed by atoms with Crippen LogP contribution in [0.25, 0.3) is 0 Å². The van der Waals surface area contributed by atoms with Crippen LogP contribution in [0, 0.1) is 5.41 Å². The first-order chi connectivity index (χ1) is 9.81. The second-order valence-electron chi connectivity index (χ2n) is 6.95. The van der Waals surface area contributed by atoms with E-state index < -0.39 is 0 Å². The van der Waals surface area contributed by atoms with Crippen molar-refractivity contribution in [2.24, 2.45) is 12.5 Å². The first-order valence-electron chi connectivity index (χ1n) is 8.24. The third kappa shape index (κ3) is 5.30. The van der Waals surface area contributed by atoms with E-state index in [0.29, 0.717) is 11.5 Å². The smallest absolute Gasteiger partial charge is 0.0849 e. The van der Waals surface area contributed by atoms with Crippen LogP contribution in [0.1, 0.15) is 65.3 Å². The number of rotatable bonds is 8. The molecule has 122 valence electrons. The highest BCUT2D eigenvalue weighted by Gasteiger charge is 2.23. The van der Waals surface area contributed by atoms with Gasteiger partial charge in [-0.2, -0.15) is 5.10 Å². The zero-order chi connectivity index (χ0) is 16.0. The van der Waals surface area contributed by atoms with Crippen molar-refractivity contribution in [3.05, 3.63) is 16.4 Å². The Labute approximate surface area is 135 Å². The van der Waals surface area contributed by atoms with Crippen LogP contribution in [-0.2, 0) is 19.9 Å². The highest BCUT2D eigenvalue weighted by Crippen LogP contribution is 2.26. The average molecular weight is 314 g/mol. The van der Waals surface area contributed by atoms with Crippen molar-refractivity contribution >= 4 is 11.6 Å². The Morgan fingerprint density at radius 1 is 1.29 bits per heavy atom. The zero-order valence-electron chi connectivity index (χ0n) is 14.6. The molecule has 0 amide bonds. The van der Waals surface area contributed by atoms with E-state index in [0.717, 1.165) is 36.5 Å². The van der Waals surface area contributed by atoms with Gasteiger partial charge in [0.15, 0.2) is 0 Å². The number of aromatic nitrogens is 2. The molecule has 1 N–H and O–H groups in total. The maximum Gasteiger partial charge on any atom is 0.0849 e. The molecule has 1 heterocycles. The molecular weight excluding hydrogens is 282 g/mol. The van der Waals surface area contributed by atoms with Gasteiger partial charge in [0.1, 0.15) is 0 Å². The van der Waals surface area contributed by atoms with E-state index in [2.05, 4.69) is 45.0 Å². The van der Waals surface area contributed by atoms with Crippen molar-refractivity contribution in [1.82, 2.24) is 15.1 Å². The summed E-state index contributed by atoms with van der Waals surface area (Å²) >= 11 is 6.42. The molecule has 0 aliphatic heterocycles. The predicted molar refractivity (Wildman–Crippen MR) is 92.1 cm³/mol. The Bertz CT molecular complexity index is 432. The standard InChI is InChI=1S/C17H32ClN3/c1-7-12-19-15(17(3,4)5)11-9-10-14-16(18)13(8-2)20-21(14)6/h15,19H,7-12H2,1-6H3. The van der Waals surface area contributed by atoms with Crippen molar-refractivity contribution in [1.29, 1.82) is 0 Å². The summed E-state index contributed by atoms with van der Waals surface area (Å²) in [5.74, 6) is 0. The minimum atomic E-state index is 0.292. The molecule has 21 heavy (non-hydrogen) atoms. The lowest BCUT2D eigenvalue weighted by Crippen LogP contribution is -2.40. The van der Waals surface area contributed by atoms with E-state index in [1.807, 2.05) is 11.7 Å². The monoisotopic (exact) mass is 313 g/mol. The highest BCUT2D eigenvalue weighted by molar-refractivity contribution is 6.31. The first-order valence-corrected chi connectivity index (χ1v) is 8.62. The second kappa shape index (κ2) is 8.19. The average Bonchev–Trinajstić information content (AvgIpc) is 2.67. The van der Waals surface area contributed by atoms with Crippen LogP contribution in [0.15, 0.2) is 0 Å². The molecule has 0 bridgehead atoms. The number of hydrogen-bond acceptors (Lipinski definition) is 2. The number of halogens is 1. The Morgan fingerprint density at radius 2 is 1.95 bits per heavy atom. The summed E-state index contributed by atoms with van der Waals surface area (Å²) in [6, 6.07) is 0.551. The molecule has 0 aromatic carbocycles.